The lowest BCUT2D eigenvalue weighted by Crippen LogP contribution is -2.62. The van der Waals surface area contributed by atoms with Crippen LogP contribution in [0.3, 0.4) is 0 Å². The molecular formula is C32H42N2O14. The van der Waals surface area contributed by atoms with Gasteiger partial charge >= 0.3 is 5.97 Å². The molecule has 16 heteroatoms. The second-order valence-electron chi connectivity index (χ2n) is 12.5. The number of hydrogen-bond donors (Lipinski definition) is 10. The number of fused-ring (bicyclic) bond motifs is 3. The zero-order chi connectivity index (χ0) is 34.3. The van der Waals surface area contributed by atoms with Crippen molar-refractivity contribution in [1.82, 2.24) is 10.3 Å². The van der Waals surface area contributed by atoms with E-state index in [-0.39, 0.29) is 11.6 Å². The number of nitrogens with one attached hydrogen (secondary N) is 2. The van der Waals surface area contributed by atoms with E-state index in [0.717, 1.165) is 34.8 Å². The van der Waals surface area contributed by atoms with Crippen molar-refractivity contribution in [3.63, 3.8) is 0 Å². The quantitative estimate of drug-likeness (QED) is 0.124. The molecule has 0 spiro atoms. The summed E-state index contributed by atoms with van der Waals surface area (Å²) in [7, 11) is 0. The molecule has 2 aromatic rings. The van der Waals surface area contributed by atoms with Crippen LogP contribution in [0.2, 0.25) is 0 Å². The Hall–Kier alpha value is -2.97. The van der Waals surface area contributed by atoms with Gasteiger partial charge in [-0.3, -0.25) is 0 Å². The molecule has 0 bridgehead atoms. The van der Waals surface area contributed by atoms with Gasteiger partial charge in [0.05, 0.1) is 25.0 Å². The third-order valence-corrected chi connectivity index (χ3v) is 9.69. The molecule has 0 aliphatic carbocycles. The van der Waals surface area contributed by atoms with Crippen LogP contribution in [-0.4, -0.2) is 139 Å². The van der Waals surface area contributed by atoms with E-state index in [0.29, 0.717) is 13.0 Å². The lowest BCUT2D eigenvalue weighted by Gasteiger charge is -2.44. The van der Waals surface area contributed by atoms with E-state index in [9.17, 15) is 45.6 Å². The number of rotatable bonds is 10. The lowest BCUT2D eigenvalue weighted by molar-refractivity contribution is -0.352. The van der Waals surface area contributed by atoms with Gasteiger partial charge in [-0.2, -0.15) is 0 Å². The minimum atomic E-state index is -1.79. The van der Waals surface area contributed by atoms with Crippen molar-refractivity contribution in [2.24, 2.45) is 11.8 Å². The molecule has 14 unspecified atom stereocenters. The van der Waals surface area contributed by atoms with Crippen LogP contribution < -0.4 is 5.32 Å². The van der Waals surface area contributed by atoms with Crippen molar-refractivity contribution in [3.05, 3.63) is 60.0 Å². The van der Waals surface area contributed by atoms with Crippen molar-refractivity contribution < 1.29 is 69.3 Å². The fourth-order valence-electron chi connectivity index (χ4n) is 7.02. The Bertz CT molecular complexity index is 1480. The minimum Gasteiger partial charge on any atom is -0.478 e. The van der Waals surface area contributed by atoms with E-state index >= 15 is 0 Å². The molecule has 0 radical (unpaired) electrons. The van der Waals surface area contributed by atoms with Gasteiger partial charge in [-0.05, 0) is 31.0 Å². The first-order chi connectivity index (χ1) is 23.0. The molecule has 6 rings (SSSR count). The molecule has 1 aromatic carbocycles. The maximum absolute atomic E-state index is 12.4. The second-order valence-corrected chi connectivity index (χ2v) is 12.5. The van der Waals surface area contributed by atoms with Crippen molar-refractivity contribution in [2.45, 2.75) is 86.6 Å². The molecule has 14 atom stereocenters. The summed E-state index contributed by atoms with van der Waals surface area (Å²) >= 11 is 0. The van der Waals surface area contributed by atoms with Gasteiger partial charge in [-0.25, -0.2) is 4.79 Å². The molecular weight excluding hydrogens is 636 g/mol. The van der Waals surface area contributed by atoms with Crippen LogP contribution in [0.25, 0.3) is 10.9 Å². The Morgan fingerprint density at radius 2 is 1.62 bits per heavy atom. The first-order valence-electron chi connectivity index (χ1n) is 15.9. The predicted octanol–water partition coefficient (Wildman–Crippen LogP) is -1.87. The Labute approximate surface area is 274 Å². The molecule has 2 saturated heterocycles. The van der Waals surface area contributed by atoms with Gasteiger partial charge in [0.1, 0.15) is 48.8 Å². The first kappa shape index (κ1) is 34.9. The minimum absolute atomic E-state index is 0.00356. The number of para-hydroxylation sites is 1. The highest BCUT2D eigenvalue weighted by molar-refractivity contribution is 5.87. The summed E-state index contributed by atoms with van der Waals surface area (Å²) in [5.74, 6) is -2.62. The van der Waals surface area contributed by atoms with Crippen LogP contribution in [0.15, 0.2) is 48.8 Å². The number of aliphatic hydroxyl groups excluding tert-OH is 7. The summed E-state index contributed by atoms with van der Waals surface area (Å²) in [6.45, 7) is 3.36. The summed E-state index contributed by atoms with van der Waals surface area (Å²) in [6, 6.07) is 7.70. The molecule has 1 aromatic heterocycles. The summed E-state index contributed by atoms with van der Waals surface area (Å²) in [5, 5.41) is 86.6. The van der Waals surface area contributed by atoms with E-state index in [4.69, 9.17) is 23.7 Å². The largest absolute Gasteiger partial charge is 0.478 e. The number of carboxylic acid groups (broad SMARTS) is 1. The van der Waals surface area contributed by atoms with Crippen LogP contribution >= 0.6 is 0 Å². The normalized spacial score (nSPS) is 40.1. The van der Waals surface area contributed by atoms with E-state index in [1.54, 1.807) is 0 Å². The highest BCUT2D eigenvalue weighted by Gasteiger charge is 2.50. The molecule has 264 valence electrons. The summed E-state index contributed by atoms with van der Waals surface area (Å²) in [5.41, 5.74) is 3.10. The third kappa shape index (κ3) is 6.51. The van der Waals surface area contributed by atoms with Crippen molar-refractivity contribution >= 4 is 16.9 Å². The number of H-pyrrole nitrogens is 1. The zero-order valence-corrected chi connectivity index (χ0v) is 25.8. The number of carboxylic acids is 1. The van der Waals surface area contributed by atoms with Gasteiger partial charge in [0, 0.05) is 34.5 Å². The highest BCUT2D eigenvalue weighted by atomic mass is 16.8. The van der Waals surface area contributed by atoms with Crippen molar-refractivity contribution in [1.29, 1.82) is 0 Å². The van der Waals surface area contributed by atoms with Gasteiger partial charge in [-0.1, -0.05) is 24.3 Å². The number of aliphatic carboxylic acids is 1. The molecule has 2 fully saturated rings. The number of carbonyl (C=O) groups is 1. The monoisotopic (exact) mass is 678 g/mol. The van der Waals surface area contributed by atoms with Gasteiger partial charge in [-0.15, -0.1) is 6.58 Å². The molecule has 48 heavy (non-hydrogen) atoms. The number of benzene rings is 1. The molecule has 10 N–H and O–H groups in total. The average Bonchev–Trinajstić information content (AvgIpc) is 3.47. The maximum atomic E-state index is 12.4. The van der Waals surface area contributed by atoms with Gasteiger partial charge in [0.2, 0.25) is 6.29 Å². The summed E-state index contributed by atoms with van der Waals surface area (Å²) < 4.78 is 28.3. The fourth-order valence-corrected chi connectivity index (χ4v) is 7.02. The average molecular weight is 679 g/mol. The Balaban J connectivity index is 1.17. The number of aromatic amines is 1. The zero-order valence-electron chi connectivity index (χ0n) is 25.8. The van der Waals surface area contributed by atoms with E-state index in [1.165, 1.54) is 6.08 Å². The maximum Gasteiger partial charge on any atom is 0.334 e. The topological polar surface area (TPSA) is 253 Å². The Kier molecular flexibility index (Phi) is 10.5. The highest BCUT2D eigenvalue weighted by Crippen LogP contribution is 2.42. The van der Waals surface area contributed by atoms with Crippen molar-refractivity contribution in [2.75, 3.05) is 19.8 Å². The summed E-state index contributed by atoms with van der Waals surface area (Å²) in [6.07, 6.45) is -13.5. The lowest BCUT2D eigenvalue weighted by atomic mass is 9.78. The van der Waals surface area contributed by atoms with Crippen LogP contribution in [0.5, 0.6) is 0 Å². The first-order valence-corrected chi connectivity index (χ1v) is 15.9. The molecule has 0 saturated carbocycles. The molecule has 5 heterocycles. The number of hydrogen-bond acceptors (Lipinski definition) is 14. The Morgan fingerprint density at radius 1 is 0.938 bits per heavy atom. The summed E-state index contributed by atoms with van der Waals surface area (Å²) in [4.78, 5) is 15.8. The van der Waals surface area contributed by atoms with Crippen molar-refractivity contribution in [3.8, 4) is 0 Å². The van der Waals surface area contributed by atoms with Crippen LogP contribution in [-0.2, 0) is 34.9 Å². The molecule has 16 nitrogen and oxygen atoms in total. The van der Waals surface area contributed by atoms with Crippen LogP contribution in [0, 0.1) is 11.8 Å². The fraction of sp³-hybridized carbons (Fsp3) is 0.594. The molecule has 0 amide bonds. The van der Waals surface area contributed by atoms with Gasteiger partial charge in [0.15, 0.2) is 12.6 Å². The van der Waals surface area contributed by atoms with E-state index in [2.05, 4.69) is 16.9 Å². The number of aromatic nitrogens is 1. The third-order valence-electron chi connectivity index (χ3n) is 9.69. The molecule has 4 aliphatic heterocycles. The predicted molar refractivity (Wildman–Crippen MR) is 163 cm³/mol. The molecule has 4 aliphatic rings. The number of ether oxygens (including phenoxy) is 5. The van der Waals surface area contributed by atoms with E-state index in [1.807, 2.05) is 24.3 Å². The number of aliphatic hydroxyl groups is 7. The van der Waals surface area contributed by atoms with Gasteiger partial charge < -0.3 is 74.8 Å². The second kappa shape index (κ2) is 14.5. The van der Waals surface area contributed by atoms with Gasteiger partial charge in [0.25, 0.3) is 0 Å². The smallest absolute Gasteiger partial charge is 0.334 e. The van der Waals surface area contributed by atoms with Crippen LogP contribution in [0.4, 0.5) is 0 Å². The van der Waals surface area contributed by atoms with E-state index < -0.39 is 98.7 Å². The SMILES string of the molecule is C=CC1C(OC2OC(COC3OC(CO)C(O)C(O)C3O)C(O)C(O)C2O)OC=C(C(=O)O)C1CC1NCCc2c1[nH]c1ccccc21. The van der Waals surface area contributed by atoms with Crippen LogP contribution in [0.1, 0.15) is 23.7 Å². The standard InChI is InChI=1S/C32H42N2O14/c1-2-13-16(9-19-22-15(7-8-33-19)14-5-3-4-6-18(14)34-22)17(29(42)43)11-44-30(13)48-32-28(41)26(39)24(37)21(47-32)12-45-31-27(40)25(38)23(36)20(10-35)46-31/h2-6,11,13,16,19-21,23-28,30-41H,1,7-10,12H2,(H,42,43). The Morgan fingerprint density at radius 3 is 2.33 bits per heavy atom.